The summed E-state index contributed by atoms with van der Waals surface area (Å²) in [7, 11) is -3.43. The zero-order valence-electron chi connectivity index (χ0n) is 10.5. The molecule has 1 aliphatic rings. The fourth-order valence-corrected chi connectivity index (χ4v) is 3.16. The molecule has 1 aliphatic carbocycles. The monoisotopic (exact) mass is 269 g/mol. The first-order valence-corrected chi connectivity index (χ1v) is 8.02. The predicted octanol–water partition coefficient (Wildman–Crippen LogP) is 3.62. The van der Waals surface area contributed by atoms with Crippen LogP contribution in [-0.4, -0.2) is 6.10 Å². The van der Waals surface area contributed by atoms with E-state index in [0.717, 1.165) is 31.2 Å². The van der Waals surface area contributed by atoms with Crippen LogP contribution >= 0.6 is 7.75 Å². The van der Waals surface area contributed by atoms with E-state index >= 15 is 0 Å². The van der Waals surface area contributed by atoms with Crippen LogP contribution in [0.1, 0.15) is 37.7 Å². The van der Waals surface area contributed by atoms with Gasteiger partial charge in [0.2, 0.25) is 0 Å². The van der Waals surface area contributed by atoms with E-state index in [1.807, 2.05) is 30.3 Å². The Morgan fingerprint density at radius 1 is 1.17 bits per heavy atom. The number of hydrogen-bond acceptors (Lipinski definition) is 3. The molecule has 0 bridgehead atoms. The Bertz CT molecular complexity index is 404. The molecular weight excluding hydrogens is 249 g/mol. The second kappa shape index (κ2) is 6.48. The molecule has 2 rings (SSSR count). The van der Waals surface area contributed by atoms with Crippen LogP contribution in [0.15, 0.2) is 30.3 Å². The Labute approximate surface area is 108 Å². The van der Waals surface area contributed by atoms with E-state index in [1.165, 1.54) is 6.42 Å². The van der Waals surface area contributed by atoms with Crippen molar-refractivity contribution in [3.63, 3.8) is 0 Å². The third kappa shape index (κ3) is 4.54. The van der Waals surface area contributed by atoms with Crippen molar-refractivity contribution >= 4 is 7.75 Å². The first-order valence-electron chi connectivity index (χ1n) is 6.41. The standard InChI is InChI=1S/C13H20NO3P/c14-18(15,17-13-9-5-2-6-10-13)16-11-12-7-3-1-4-8-12/h1,3-4,7-8,13H,2,5-6,9-11H2,(H2,14,15). The van der Waals surface area contributed by atoms with E-state index in [4.69, 9.17) is 14.6 Å². The molecule has 4 nitrogen and oxygen atoms in total. The Balaban J connectivity index is 1.81. The van der Waals surface area contributed by atoms with Crippen LogP contribution in [0.5, 0.6) is 0 Å². The minimum atomic E-state index is -3.43. The van der Waals surface area contributed by atoms with Crippen molar-refractivity contribution in [3.05, 3.63) is 35.9 Å². The lowest BCUT2D eigenvalue weighted by molar-refractivity contribution is 0.114. The first-order chi connectivity index (χ1) is 8.66. The summed E-state index contributed by atoms with van der Waals surface area (Å²) in [6.45, 7) is 0.224. The van der Waals surface area contributed by atoms with Crippen molar-refractivity contribution in [2.75, 3.05) is 0 Å². The van der Waals surface area contributed by atoms with Crippen LogP contribution in [0.4, 0.5) is 0 Å². The molecular formula is C13H20NO3P. The van der Waals surface area contributed by atoms with Crippen LogP contribution in [0.3, 0.4) is 0 Å². The van der Waals surface area contributed by atoms with Gasteiger partial charge < -0.3 is 0 Å². The van der Waals surface area contributed by atoms with Crippen LogP contribution in [0.25, 0.3) is 0 Å². The molecule has 18 heavy (non-hydrogen) atoms. The van der Waals surface area contributed by atoms with E-state index in [1.54, 1.807) is 0 Å². The Morgan fingerprint density at radius 2 is 1.83 bits per heavy atom. The van der Waals surface area contributed by atoms with Gasteiger partial charge in [-0.25, -0.2) is 10.1 Å². The highest BCUT2D eigenvalue weighted by atomic mass is 31.2. The highest BCUT2D eigenvalue weighted by Gasteiger charge is 2.25. The molecule has 5 heteroatoms. The molecule has 100 valence electrons. The zero-order valence-corrected chi connectivity index (χ0v) is 11.4. The third-order valence-electron chi connectivity index (χ3n) is 3.10. The van der Waals surface area contributed by atoms with E-state index in [2.05, 4.69) is 0 Å². The minimum absolute atomic E-state index is 0.00893. The number of hydrogen-bond donors (Lipinski definition) is 1. The van der Waals surface area contributed by atoms with Crippen molar-refractivity contribution in [2.24, 2.45) is 5.50 Å². The maximum absolute atomic E-state index is 12.0. The summed E-state index contributed by atoms with van der Waals surface area (Å²) in [6.07, 6.45) is 5.29. The van der Waals surface area contributed by atoms with Gasteiger partial charge in [-0.1, -0.05) is 49.6 Å². The topological polar surface area (TPSA) is 61.6 Å². The van der Waals surface area contributed by atoms with Gasteiger partial charge in [0.1, 0.15) is 0 Å². The van der Waals surface area contributed by atoms with E-state index in [0.29, 0.717) is 0 Å². The molecule has 0 saturated heterocycles. The summed E-state index contributed by atoms with van der Waals surface area (Å²) in [5.74, 6) is 0. The van der Waals surface area contributed by atoms with Crippen molar-refractivity contribution in [1.82, 2.24) is 0 Å². The van der Waals surface area contributed by atoms with Gasteiger partial charge in [0, 0.05) is 0 Å². The highest BCUT2D eigenvalue weighted by molar-refractivity contribution is 7.51. The summed E-state index contributed by atoms with van der Waals surface area (Å²) in [6, 6.07) is 9.54. The quantitative estimate of drug-likeness (QED) is 0.829. The molecule has 0 amide bonds. The van der Waals surface area contributed by atoms with Crippen molar-refractivity contribution < 1.29 is 13.6 Å². The maximum Gasteiger partial charge on any atom is 0.403 e. The van der Waals surface area contributed by atoms with Crippen LogP contribution in [0.2, 0.25) is 0 Å². The lowest BCUT2D eigenvalue weighted by atomic mass is 9.98. The molecule has 1 aromatic carbocycles. The van der Waals surface area contributed by atoms with Crippen molar-refractivity contribution in [3.8, 4) is 0 Å². The van der Waals surface area contributed by atoms with Gasteiger partial charge in [-0.2, -0.15) is 0 Å². The molecule has 0 radical (unpaired) electrons. The Hall–Kier alpha value is -0.670. The molecule has 1 saturated carbocycles. The van der Waals surface area contributed by atoms with Gasteiger partial charge in [0.15, 0.2) is 0 Å². The summed E-state index contributed by atoms with van der Waals surface area (Å²) in [5, 5.41) is 0. The average Bonchev–Trinajstić information content (AvgIpc) is 2.38. The molecule has 1 aromatic rings. The van der Waals surface area contributed by atoms with Gasteiger partial charge in [-0.3, -0.25) is 9.05 Å². The molecule has 0 aromatic heterocycles. The summed E-state index contributed by atoms with van der Waals surface area (Å²) in [5.41, 5.74) is 6.55. The normalized spacial score (nSPS) is 20.5. The number of nitrogens with two attached hydrogens (primary N) is 1. The van der Waals surface area contributed by atoms with Crippen molar-refractivity contribution in [2.45, 2.75) is 44.8 Å². The second-order valence-electron chi connectivity index (χ2n) is 4.66. The lowest BCUT2D eigenvalue weighted by Crippen LogP contribution is -2.18. The predicted molar refractivity (Wildman–Crippen MR) is 71.0 cm³/mol. The third-order valence-corrected chi connectivity index (χ3v) is 4.18. The largest absolute Gasteiger partial charge is 0.403 e. The van der Waals surface area contributed by atoms with Gasteiger partial charge >= 0.3 is 7.75 Å². The van der Waals surface area contributed by atoms with E-state index in [-0.39, 0.29) is 12.7 Å². The van der Waals surface area contributed by atoms with Gasteiger partial charge in [0.25, 0.3) is 0 Å². The highest BCUT2D eigenvalue weighted by Crippen LogP contribution is 2.43. The molecule has 0 heterocycles. The summed E-state index contributed by atoms with van der Waals surface area (Å²) >= 11 is 0. The van der Waals surface area contributed by atoms with Crippen LogP contribution in [-0.2, 0) is 20.2 Å². The Morgan fingerprint density at radius 3 is 2.50 bits per heavy atom. The first kappa shape index (κ1) is 13.8. The smallest absolute Gasteiger partial charge is 0.294 e. The Kier molecular flexibility index (Phi) is 4.95. The molecule has 1 unspecified atom stereocenters. The van der Waals surface area contributed by atoms with E-state index in [9.17, 15) is 4.57 Å². The zero-order chi connectivity index (χ0) is 12.8. The minimum Gasteiger partial charge on any atom is -0.294 e. The average molecular weight is 269 g/mol. The SMILES string of the molecule is NP(=O)(OCc1ccccc1)OC1CCCCC1. The van der Waals surface area contributed by atoms with Gasteiger partial charge in [0.05, 0.1) is 12.7 Å². The van der Waals surface area contributed by atoms with Crippen LogP contribution < -0.4 is 5.50 Å². The van der Waals surface area contributed by atoms with Crippen molar-refractivity contribution in [1.29, 1.82) is 0 Å². The lowest BCUT2D eigenvalue weighted by Gasteiger charge is -2.24. The molecule has 0 aliphatic heterocycles. The molecule has 0 spiro atoms. The van der Waals surface area contributed by atoms with Crippen LogP contribution in [0, 0.1) is 0 Å². The molecule has 1 atom stereocenters. The molecule has 1 fully saturated rings. The fourth-order valence-electron chi connectivity index (χ4n) is 2.15. The second-order valence-corrected chi connectivity index (χ2v) is 6.21. The number of benzene rings is 1. The summed E-state index contributed by atoms with van der Waals surface area (Å²) < 4.78 is 22.6. The van der Waals surface area contributed by atoms with E-state index < -0.39 is 7.75 Å². The maximum atomic E-state index is 12.0. The summed E-state index contributed by atoms with van der Waals surface area (Å²) in [4.78, 5) is 0. The fraction of sp³-hybridized carbons (Fsp3) is 0.538. The van der Waals surface area contributed by atoms with Gasteiger partial charge in [-0.05, 0) is 18.4 Å². The van der Waals surface area contributed by atoms with Gasteiger partial charge in [-0.15, -0.1) is 0 Å². The number of rotatable bonds is 5. The molecule has 2 N–H and O–H groups in total.